The first-order valence-electron chi connectivity index (χ1n) is 6.67. The summed E-state index contributed by atoms with van der Waals surface area (Å²) in [5, 5.41) is 6.81. The van der Waals surface area contributed by atoms with Gasteiger partial charge in [-0.2, -0.15) is 0 Å². The summed E-state index contributed by atoms with van der Waals surface area (Å²) in [6.07, 6.45) is 1.22. The number of nitrogens with zero attached hydrogens (tertiary/aromatic N) is 2. The fourth-order valence-corrected chi connectivity index (χ4v) is 2.30. The zero-order chi connectivity index (χ0) is 13.6. The molecule has 0 saturated carbocycles. The van der Waals surface area contributed by atoms with Gasteiger partial charge in [0.2, 0.25) is 0 Å². The molecular formula is C14H27N3S. The quantitative estimate of drug-likeness (QED) is 0.772. The van der Waals surface area contributed by atoms with Gasteiger partial charge in [-0.15, -0.1) is 11.3 Å². The maximum Gasteiger partial charge on any atom is 0.0897 e. The van der Waals surface area contributed by atoms with Gasteiger partial charge in [-0.25, -0.2) is 4.98 Å². The molecular weight excluding hydrogens is 242 g/mol. The number of likely N-dealkylation sites (N-methyl/N-ethyl adjacent to an activating group) is 1. The van der Waals surface area contributed by atoms with Gasteiger partial charge in [-0.3, -0.25) is 4.90 Å². The van der Waals surface area contributed by atoms with E-state index in [9.17, 15) is 0 Å². The van der Waals surface area contributed by atoms with Crippen molar-refractivity contribution >= 4 is 11.3 Å². The molecule has 0 aliphatic rings. The number of aryl methyl sites for hydroxylation is 1. The molecule has 0 aliphatic heterocycles. The second kappa shape index (κ2) is 7.22. The van der Waals surface area contributed by atoms with E-state index in [1.165, 1.54) is 12.1 Å². The van der Waals surface area contributed by atoms with Crippen molar-refractivity contribution in [1.82, 2.24) is 15.2 Å². The largest absolute Gasteiger partial charge is 0.315 e. The van der Waals surface area contributed by atoms with Crippen LogP contribution in [0.25, 0.3) is 0 Å². The Morgan fingerprint density at radius 1 is 1.33 bits per heavy atom. The molecule has 18 heavy (non-hydrogen) atoms. The SMILES string of the molecule is Cc1nc(CN(C)CCNCCC(C)(C)C)cs1. The van der Waals surface area contributed by atoms with Crippen molar-refractivity contribution in [3.8, 4) is 0 Å². The van der Waals surface area contributed by atoms with Crippen LogP contribution in [0.1, 0.15) is 37.9 Å². The third-order valence-corrected chi connectivity index (χ3v) is 3.64. The Kier molecular flexibility index (Phi) is 6.26. The Hall–Kier alpha value is -0.450. The molecule has 4 heteroatoms. The fourth-order valence-electron chi connectivity index (χ4n) is 1.69. The highest BCUT2D eigenvalue weighted by atomic mass is 32.1. The predicted molar refractivity (Wildman–Crippen MR) is 80.1 cm³/mol. The number of hydrogen-bond donors (Lipinski definition) is 1. The molecule has 3 nitrogen and oxygen atoms in total. The van der Waals surface area contributed by atoms with Gasteiger partial charge in [-0.1, -0.05) is 20.8 Å². The lowest BCUT2D eigenvalue weighted by atomic mass is 9.92. The number of thiazole rings is 1. The average molecular weight is 269 g/mol. The van der Waals surface area contributed by atoms with Gasteiger partial charge in [0.05, 0.1) is 10.7 Å². The number of hydrogen-bond acceptors (Lipinski definition) is 4. The van der Waals surface area contributed by atoms with Crippen LogP contribution >= 0.6 is 11.3 Å². The molecule has 0 aliphatic carbocycles. The van der Waals surface area contributed by atoms with Crippen LogP contribution in [-0.2, 0) is 6.54 Å². The highest BCUT2D eigenvalue weighted by molar-refractivity contribution is 7.09. The van der Waals surface area contributed by atoms with E-state index < -0.39 is 0 Å². The van der Waals surface area contributed by atoms with E-state index in [-0.39, 0.29) is 0 Å². The molecule has 0 unspecified atom stereocenters. The average Bonchev–Trinajstić information content (AvgIpc) is 2.61. The minimum atomic E-state index is 0.428. The van der Waals surface area contributed by atoms with Gasteiger partial charge in [0.25, 0.3) is 0 Å². The standard InChI is InChI=1S/C14H27N3S/c1-12-16-13(11-18-12)10-17(5)9-8-15-7-6-14(2,3)4/h11,15H,6-10H2,1-5H3. The molecule has 1 heterocycles. The molecule has 1 rings (SSSR count). The van der Waals surface area contributed by atoms with Gasteiger partial charge in [0.1, 0.15) is 0 Å². The summed E-state index contributed by atoms with van der Waals surface area (Å²) in [6, 6.07) is 0. The summed E-state index contributed by atoms with van der Waals surface area (Å²) in [7, 11) is 2.15. The Balaban J connectivity index is 2.09. The molecule has 0 spiro atoms. The highest BCUT2D eigenvalue weighted by Gasteiger charge is 2.09. The number of nitrogens with one attached hydrogen (secondary N) is 1. The van der Waals surface area contributed by atoms with Crippen molar-refractivity contribution in [2.45, 2.75) is 40.7 Å². The summed E-state index contributed by atoms with van der Waals surface area (Å²) in [5.74, 6) is 0. The second-order valence-corrected chi connectivity index (χ2v) is 7.22. The molecule has 104 valence electrons. The van der Waals surface area contributed by atoms with E-state index in [2.05, 4.69) is 55.3 Å². The summed E-state index contributed by atoms with van der Waals surface area (Å²) < 4.78 is 0. The monoisotopic (exact) mass is 269 g/mol. The topological polar surface area (TPSA) is 28.2 Å². The maximum absolute atomic E-state index is 4.48. The number of aromatic nitrogens is 1. The van der Waals surface area contributed by atoms with Crippen LogP contribution in [-0.4, -0.2) is 36.6 Å². The minimum Gasteiger partial charge on any atom is -0.315 e. The first-order valence-corrected chi connectivity index (χ1v) is 7.55. The second-order valence-electron chi connectivity index (χ2n) is 6.16. The van der Waals surface area contributed by atoms with Crippen LogP contribution in [0.15, 0.2) is 5.38 Å². The van der Waals surface area contributed by atoms with E-state index in [1.807, 2.05) is 0 Å². The van der Waals surface area contributed by atoms with E-state index in [1.54, 1.807) is 11.3 Å². The van der Waals surface area contributed by atoms with Crippen LogP contribution in [0.4, 0.5) is 0 Å². The zero-order valence-corrected chi connectivity index (χ0v) is 13.2. The van der Waals surface area contributed by atoms with Crippen molar-refractivity contribution in [2.75, 3.05) is 26.7 Å². The highest BCUT2D eigenvalue weighted by Crippen LogP contribution is 2.16. The summed E-state index contributed by atoms with van der Waals surface area (Å²) in [5.41, 5.74) is 1.62. The molecule has 0 atom stereocenters. The first-order chi connectivity index (χ1) is 8.37. The van der Waals surface area contributed by atoms with Crippen molar-refractivity contribution in [3.05, 3.63) is 16.1 Å². The van der Waals surface area contributed by atoms with Crippen molar-refractivity contribution in [3.63, 3.8) is 0 Å². The van der Waals surface area contributed by atoms with Crippen LogP contribution in [0.3, 0.4) is 0 Å². The lowest BCUT2D eigenvalue weighted by Crippen LogP contribution is -2.30. The van der Waals surface area contributed by atoms with Gasteiger partial charge < -0.3 is 5.32 Å². The van der Waals surface area contributed by atoms with Crippen molar-refractivity contribution < 1.29 is 0 Å². The maximum atomic E-state index is 4.48. The van der Waals surface area contributed by atoms with Gasteiger partial charge in [-0.05, 0) is 32.4 Å². The minimum absolute atomic E-state index is 0.428. The molecule has 0 saturated heterocycles. The van der Waals surface area contributed by atoms with Gasteiger partial charge >= 0.3 is 0 Å². The smallest absolute Gasteiger partial charge is 0.0897 e. The molecule has 0 radical (unpaired) electrons. The molecule has 1 aromatic heterocycles. The van der Waals surface area contributed by atoms with Crippen LogP contribution < -0.4 is 5.32 Å². The van der Waals surface area contributed by atoms with Crippen molar-refractivity contribution in [2.24, 2.45) is 5.41 Å². The molecule has 0 bridgehead atoms. The van der Waals surface area contributed by atoms with Gasteiger partial charge in [0, 0.05) is 25.0 Å². The summed E-state index contributed by atoms with van der Waals surface area (Å²) in [4.78, 5) is 6.80. The van der Waals surface area contributed by atoms with E-state index in [0.717, 1.165) is 31.2 Å². The van der Waals surface area contributed by atoms with E-state index in [4.69, 9.17) is 0 Å². The normalized spacial score (nSPS) is 12.3. The summed E-state index contributed by atoms with van der Waals surface area (Å²) in [6.45, 7) is 13.1. The molecule has 0 amide bonds. The molecule has 1 aromatic rings. The number of rotatable bonds is 7. The fraction of sp³-hybridized carbons (Fsp3) is 0.786. The lowest BCUT2D eigenvalue weighted by molar-refractivity contribution is 0.312. The molecule has 0 fully saturated rings. The lowest BCUT2D eigenvalue weighted by Gasteiger charge is -2.19. The Morgan fingerprint density at radius 2 is 2.06 bits per heavy atom. The van der Waals surface area contributed by atoms with Crippen LogP contribution in [0, 0.1) is 12.3 Å². The third-order valence-electron chi connectivity index (χ3n) is 2.82. The Labute approximate surface area is 116 Å². The third kappa shape index (κ3) is 7.09. The summed E-state index contributed by atoms with van der Waals surface area (Å²) >= 11 is 1.73. The van der Waals surface area contributed by atoms with Crippen LogP contribution in [0.2, 0.25) is 0 Å². The zero-order valence-electron chi connectivity index (χ0n) is 12.4. The van der Waals surface area contributed by atoms with E-state index in [0.29, 0.717) is 5.41 Å². The van der Waals surface area contributed by atoms with Gasteiger partial charge in [0.15, 0.2) is 0 Å². The first kappa shape index (κ1) is 15.6. The predicted octanol–water partition coefficient (Wildman–Crippen LogP) is 2.91. The molecule has 1 N–H and O–H groups in total. The van der Waals surface area contributed by atoms with Crippen molar-refractivity contribution in [1.29, 1.82) is 0 Å². The van der Waals surface area contributed by atoms with Crippen LogP contribution in [0.5, 0.6) is 0 Å². The van der Waals surface area contributed by atoms with E-state index >= 15 is 0 Å². The Morgan fingerprint density at radius 3 is 2.61 bits per heavy atom. The Bertz CT molecular complexity index is 341. The molecule has 0 aromatic carbocycles.